The number of pyridine rings is 1. The third-order valence-electron chi connectivity index (χ3n) is 7.52. The molecule has 0 bridgehead atoms. The summed E-state index contributed by atoms with van der Waals surface area (Å²) < 4.78 is 5.12. The lowest BCUT2D eigenvalue weighted by molar-refractivity contribution is -0.119. The summed E-state index contributed by atoms with van der Waals surface area (Å²) in [6, 6.07) is 17.6. The van der Waals surface area contributed by atoms with Crippen LogP contribution in [0.1, 0.15) is 47.3 Å². The van der Waals surface area contributed by atoms with Crippen LogP contribution in [-0.4, -0.2) is 48.0 Å². The molecule has 0 spiro atoms. The van der Waals surface area contributed by atoms with E-state index in [4.69, 9.17) is 11.8 Å². The number of anilines is 1. The first kappa shape index (κ1) is 26.0. The van der Waals surface area contributed by atoms with E-state index in [0.717, 1.165) is 39.6 Å². The van der Waals surface area contributed by atoms with Crippen molar-refractivity contribution in [3.63, 3.8) is 0 Å². The van der Waals surface area contributed by atoms with Gasteiger partial charge in [0.2, 0.25) is 11.9 Å². The van der Waals surface area contributed by atoms with Crippen molar-refractivity contribution in [2.75, 3.05) is 11.9 Å². The highest BCUT2D eigenvalue weighted by molar-refractivity contribution is 6.15. The second kappa shape index (κ2) is 10.4. The number of nitrogens with one attached hydrogen (secondary N) is 2. The molecule has 1 aliphatic rings. The molecule has 9 nitrogen and oxygen atoms in total. The first-order valence-corrected chi connectivity index (χ1v) is 13.7. The maximum atomic E-state index is 13.4. The topological polar surface area (TPSA) is 96.6 Å². The molecule has 10 heteroatoms. The predicted octanol–water partition coefficient (Wildman–Crippen LogP) is 5.24. The Morgan fingerprint density at radius 3 is 2.70 bits per heavy atom. The van der Waals surface area contributed by atoms with E-state index in [2.05, 4.69) is 26.8 Å². The molecular formula is C30H30ClN7O2. The number of carbonyl (C=O) groups excluding carboxylic acids is 2. The molecule has 1 saturated heterocycles. The van der Waals surface area contributed by atoms with E-state index in [9.17, 15) is 9.59 Å². The van der Waals surface area contributed by atoms with Crippen LogP contribution in [0, 0.1) is 6.92 Å². The van der Waals surface area contributed by atoms with Crippen LogP contribution in [0.4, 0.5) is 5.95 Å². The fourth-order valence-electron chi connectivity index (χ4n) is 5.35. The van der Waals surface area contributed by atoms with Gasteiger partial charge in [0.05, 0.1) is 11.6 Å². The van der Waals surface area contributed by atoms with Gasteiger partial charge in [0.1, 0.15) is 6.04 Å². The molecule has 0 unspecified atom stereocenters. The monoisotopic (exact) mass is 555 g/mol. The van der Waals surface area contributed by atoms with E-state index in [1.807, 2.05) is 86.4 Å². The first-order chi connectivity index (χ1) is 19.3. The maximum Gasteiger partial charge on any atom is 0.253 e. The summed E-state index contributed by atoms with van der Waals surface area (Å²) in [6.45, 7) is 4.72. The number of hydrogen-bond donors (Lipinski definition) is 2. The molecule has 3 aromatic heterocycles. The third-order valence-corrected chi connectivity index (χ3v) is 7.92. The summed E-state index contributed by atoms with van der Waals surface area (Å²) in [6.07, 6.45) is 5.27. The Labute approximate surface area is 236 Å². The molecule has 2 N–H and O–H groups in total. The first-order valence-electron chi connectivity index (χ1n) is 13.3. The third kappa shape index (κ3) is 4.94. The van der Waals surface area contributed by atoms with Gasteiger partial charge in [0, 0.05) is 36.9 Å². The average molecular weight is 556 g/mol. The molecule has 5 aromatic rings. The fraction of sp³-hybridized carbons (Fsp3) is 0.267. The summed E-state index contributed by atoms with van der Waals surface area (Å²) in [5, 5.41) is 11.2. The quantitative estimate of drug-likeness (QED) is 0.279. The minimum Gasteiger partial charge on any atom is -0.350 e. The van der Waals surface area contributed by atoms with Crippen LogP contribution in [0.3, 0.4) is 0 Å². The lowest BCUT2D eigenvalue weighted by Gasteiger charge is -2.14. The Balaban J connectivity index is 1.26. The van der Waals surface area contributed by atoms with Crippen LogP contribution in [-0.2, 0) is 11.8 Å². The molecule has 1 fully saturated rings. The number of rotatable bonds is 6. The zero-order valence-corrected chi connectivity index (χ0v) is 23.3. The highest BCUT2D eigenvalue weighted by Gasteiger charge is 2.30. The molecule has 0 radical (unpaired) electrons. The van der Waals surface area contributed by atoms with Crippen LogP contribution in [0.15, 0.2) is 67.0 Å². The van der Waals surface area contributed by atoms with E-state index >= 15 is 0 Å². The summed E-state index contributed by atoms with van der Waals surface area (Å²) in [5.74, 6) is -0.0946. The molecule has 0 aliphatic carbocycles. The number of aromatic nitrogens is 4. The van der Waals surface area contributed by atoms with Gasteiger partial charge in [-0.25, -0.2) is 8.93 Å². The van der Waals surface area contributed by atoms with Crippen molar-refractivity contribution in [2.24, 2.45) is 7.05 Å². The zero-order chi connectivity index (χ0) is 28.0. The lowest BCUT2D eigenvalue weighted by atomic mass is 10.0. The molecule has 2 aromatic carbocycles. The number of fused-ring (bicyclic) bond motifs is 2. The van der Waals surface area contributed by atoms with Crippen molar-refractivity contribution in [1.82, 2.24) is 28.9 Å². The largest absolute Gasteiger partial charge is 0.350 e. The van der Waals surface area contributed by atoms with Gasteiger partial charge in [0.15, 0.2) is 5.65 Å². The standard InChI is InChI=1S/C30H30ClN7O2/c1-18-6-4-7-20(14-18)19(2)32-28(39)24-17-36(3)25-10-9-21(15-23(24)25)22-11-13-38-27(16-22)33-30(35-38)34-29(40)26-8-5-12-37(26)31/h4,6-7,9-11,13-17,19,26H,5,8,12H2,1-3H3,(H,32,39)(H,34,35,40)/t19-,26-/m0/s1. The van der Waals surface area contributed by atoms with Gasteiger partial charge in [-0.3, -0.25) is 14.9 Å². The van der Waals surface area contributed by atoms with Gasteiger partial charge in [-0.1, -0.05) is 35.9 Å². The van der Waals surface area contributed by atoms with Crippen molar-refractivity contribution >= 4 is 46.1 Å². The van der Waals surface area contributed by atoms with E-state index < -0.39 is 0 Å². The van der Waals surface area contributed by atoms with Crippen LogP contribution >= 0.6 is 11.8 Å². The highest BCUT2D eigenvalue weighted by Crippen LogP contribution is 2.29. The number of carbonyl (C=O) groups is 2. The van der Waals surface area contributed by atoms with Gasteiger partial charge >= 0.3 is 0 Å². The number of halogens is 1. The summed E-state index contributed by atoms with van der Waals surface area (Å²) >= 11 is 6.14. The van der Waals surface area contributed by atoms with Crippen molar-refractivity contribution in [3.05, 3.63) is 83.7 Å². The Morgan fingerprint density at radius 1 is 1.10 bits per heavy atom. The normalized spacial score (nSPS) is 16.4. The Morgan fingerprint density at radius 2 is 1.93 bits per heavy atom. The van der Waals surface area contributed by atoms with Crippen molar-refractivity contribution in [2.45, 2.75) is 38.8 Å². The Hall–Kier alpha value is -4.21. The van der Waals surface area contributed by atoms with Gasteiger partial charge in [-0.2, -0.15) is 4.98 Å². The second-order valence-electron chi connectivity index (χ2n) is 10.4. The van der Waals surface area contributed by atoms with E-state index in [-0.39, 0.29) is 29.8 Å². The maximum absolute atomic E-state index is 13.4. The molecule has 204 valence electrons. The molecular weight excluding hydrogens is 526 g/mol. The van der Waals surface area contributed by atoms with Crippen molar-refractivity contribution in [3.8, 4) is 11.1 Å². The highest BCUT2D eigenvalue weighted by atomic mass is 35.5. The number of amides is 2. The Bertz CT molecular complexity index is 1760. The van der Waals surface area contributed by atoms with E-state index in [1.54, 1.807) is 4.52 Å². The fourth-order valence-corrected chi connectivity index (χ4v) is 5.65. The molecule has 2 amide bonds. The molecule has 40 heavy (non-hydrogen) atoms. The summed E-state index contributed by atoms with van der Waals surface area (Å²) in [7, 11) is 1.94. The number of hydrogen-bond acceptors (Lipinski definition) is 5. The van der Waals surface area contributed by atoms with E-state index in [0.29, 0.717) is 24.2 Å². The zero-order valence-electron chi connectivity index (χ0n) is 22.6. The van der Waals surface area contributed by atoms with Gasteiger partial charge < -0.3 is 9.88 Å². The molecule has 2 atom stereocenters. The average Bonchev–Trinajstić information content (AvgIpc) is 3.64. The lowest BCUT2D eigenvalue weighted by Crippen LogP contribution is -2.34. The number of aryl methyl sites for hydroxylation is 2. The van der Waals surface area contributed by atoms with Crippen LogP contribution < -0.4 is 10.6 Å². The molecule has 4 heterocycles. The minimum atomic E-state index is -0.382. The van der Waals surface area contributed by atoms with Gasteiger partial charge in [0.25, 0.3) is 5.91 Å². The smallest absolute Gasteiger partial charge is 0.253 e. The molecule has 0 saturated carbocycles. The van der Waals surface area contributed by atoms with Gasteiger partial charge in [-0.05, 0) is 79.4 Å². The van der Waals surface area contributed by atoms with Crippen LogP contribution in [0.2, 0.25) is 0 Å². The second-order valence-corrected chi connectivity index (χ2v) is 10.9. The van der Waals surface area contributed by atoms with Gasteiger partial charge in [-0.15, -0.1) is 5.10 Å². The van der Waals surface area contributed by atoms with E-state index in [1.165, 1.54) is 4.42 Å². The Kier molecular flexibility index (Phi) is 6.77. The van der Waals surface area contributed by atoms with Crippen LogP contribution in [0.5, 0.6) is 0 Å². The van der Waals surface area contributed by atoms with Crippen molar-refractivity contribution < 1.29 is 9.59 Å². The van der Waals surface area contributed by atoms with Crippen molar-refractivity contribution in [1.29, 1.82) is 0 Å². The summed E-state index contributed by atoms with van der Waals surface area (Å²) in [4.78, 5) is 30.5. The number of nitrogens with zero attached hydrogens (tertiary/aromatic N) is 5. The molecule has 6 rings (SSSR count). The minimum absolute atomic E-state index is 0.122. The number of benzene rings is 2. The summed E-state index contributed by atoms with van der Waals surface area (Å²) in [5.41, 5.74) is 6.27. The molecule has 1 aliphatic heterocycles. The SMILES string of the molecule is Cc1cccc([C@H](C)NC(=O)c2cn(C)c3ccc(-c4ccn5nc(NC(=O)[C@@H]6CCCN6Cl)nc5c4)cc23)c1. The predicted molar refractivity (Wildman–Crippen MR) is 156 cm³/mol. The van der Waals surface area contributed by atoms with Crippen LogP contribution in [0.25, 0.3) is 27.7 Å².